The molecule has 0 saturated heterocycles. The smallest absolute Gasteiger partial charge is 0.165 e. The summed E-state index contributed by atoms with van der Waals surface area (Å²) in [4.78, 5) is 2.08. The normalized spacial score (nSPS) is 19.7. The molecule has 6 heteroatoms. The number of nitrogens with two attached hydrogens (primary N) is 1. The van der Waals surface area contributed by atoms with E-state index in [0.717, 1.165) is 6.42 Å². The van der Waals surface area contributed by atoms with E-state index in [-0.39, 0.29) is 10.9 Å². The lowest BCUT2D eigenvalue weighted by Gasteiger charge is -2.43. The summed E-state index contributed by atoms with van der Waals surface area (Å²) in [5.41, 5.74) is 5.76. The second kappa shape index (κ2) is 7.46. The van der Waals surface area contributed by atoms with E-state index in [4.69, 9.17) is 22.7 Å². The van der Waals surface area contributed by atoms with Crippen LogP contribution in [0.15, 0.2) is 42.6 Å². The molecule has 0 fully saturated rings. The molecule has 1 heterocycles. The van der Waals surface area contributed by atoms with E-state index in [1.807, 2.05) is 31.4 Å². The molecule has 1 unspecified atom stereocenters. The van der Waals surface area contributed by atoms with Crippen molar-refractivity contribution in [3.8, 4) is 5.75 Å². The predicted molar refractivity (Wildman–Crippen MR) is 94.6 cm³/mol. The van der Waals surface area contributed by atoms with Crippen LogP contribution in [-0.4, -0.2) is 29.3 Å². The van der Waals surface area contributed by atoms with Crippen molar-refractivity contribution in [2.45, 2.75) is 25.4 Å². The zero-order valence-electron chi connectivity index (χ0n) is 13.4. The fraction of sp³-hybridized carbons (Fsp3) is 0.353. The molecule has 124 valence electrons. The molecular formula is C17H22FN3OS. The Balaban J connectivity index is 2.20. The highest BCUT2D eigenvalue weighted by molar-refractivity contribution is 7.80. The Hall–Kier alpha value is -2.08. The number of benzene rings is 1. The highest BCUT2D eigenvalue weighted by atomic mass is 32.1. The lowest BCUT2D eigenvalue weighted by atomic mass is 10.0. The van der Waals surface area contributed by atoms with Gasteiger partial charge < -0.3 is 20.7 Å². The second-order valence-electron chi connectivity index (χ2n) is 5.33. The van der Waals surface area contributed by atoms with Gasteiger partial charge in [-0.15, -0.1) is 0 Å². The molecule has 0 aliphatic carbocycles. The molecule has 1 aromatic rings. The van der Waals surface area contributed by atoms with Gasteiger partial charge in [0.25, 0.3) is 0 Å². The van der Waals surface area contributed by atoms with Crippen LogP contribution in [0.2, 0.25) is 0 Å². The minimum atomic E-state index is -0.487. The third kappa shape index (κ3) is 3.82. The molecular weight excluding hydrogens is 313 g/mol. The Kier molecular flexibility index (Phi) is 5.60. The van der Waals surface area contributed by atoms with Gasteiger partial charge in [0, 0.05) is 18.3 Å². The summed E-state index contributed by atoms with van der Waals surface area (Å²) in [5, 5.41) is 3.38. The first-order chi connectivity index (χ1) is 11.0. The molecule has 1 atom stereocenters. The number of methoxy groups -OCH3 is 1. The minimum absolute atomic E-state index is 0.236. The largest absolute Gasteiger partial charge is 0.496 e. The van der Waals surface area contributed by atoms with Gasteiger partial charge in [-0.3, -0.25) is 0 Å². The van der Waals surface area contributed by atoms with Gasteiger partial charge in [-0.2, -0.15) is 0 Å². The Bertz CT molecular complexity index is 632. The molecule has 0 bridgehead atoms. The highest BCUT2D eigenvalue weighted by Gasteiger charge is 2.32. The van der Waals surface area contributed by atoms with Crippen molar-refractivity contribution in [1.82, 2.24) is 10.2 Å². The number of halogens is 1. The third-order valence-corrected chi connectivity index (χ3v) is 4.14. The number of nitrogens with zero attached hydrogens (tertiary/aromatic N) is 1. The van der Waals surface area contributed by atoms with Crippen LogP contribution >= 0.6 is 12.2 Å². The number of allylic oxidation sites excluding steroid dienone is 2. The van der Waals surface area contributed by atoms with Gasteiger partial charge in [0.1, 0.15) is 17.2 Å². The number of rotatable bonds is 6. The van der Waals surface area contributed by atoms with Crippen LogP contribution in [0.1, 0.15) is 18.9 Å². The van der Waals surface area contributed by atoms with Crippen molar-refractivity contribution >= 4 is 17.3 Å². The molecule has 3 N–H and O–H groups in total. The van der Waals surface area contributed by atoms with Gasteiger partial charge in [-0.05, 0) is 49.3 Å². The summed E-state index contributed by atoms with van der Waals surface area (Å²) in [5.74, 6) is 0.302. The molecule has 1 aliphatic rings. The lowest BCUT2D eigenvalue weighted by molar-refractivity contribution is 0.170. The predicted octanol–water partition coefficient (Wildman–Crippen LogP) is 2.70. The van der Waals surface area contributed by atoms with Crippen LogP contribution in [0.5, 0.6) is 5.75 Å². The molecule has 0 aromatic heterocycles. The van der Waals surface area contributed by atoms with E-state index in [2.05, 4.69) is 10.2 Å². The van der Waals surface area contributed by atoms with Crippen molar-refractivity contribution < 1.29 is 9.13 Å². The van der Waals surface area contributed by atoms with Gasteiger partial charge in [-0.25, -0.2) is 4.39 Å². The number of hydrogen-bond donors (Lipinski definition) is 2. The summed E-state index contributed by atoms with van der Waals surface area (Å²) in [6.07, 6.45) is 9.14. The molecule has 4 nitrogen and oxygen atoms in total. The Morgan fingerprint density at radius 1 is 1.43 bits per heavy atom. The van der Waals surface area contributed by atoms with E-state index in [1.54, 1.807) is 19.2 Å². The van der Waals surface area contributed by atoms with Crippen LogP contribution in [0, 0.1) is 5.82 Å². The molecule has 2 rings (SSSR count). The monoisotopic (exact) mass is 335 g/mol. The van der Waals surface area contributed by atoms with E-state index in [9.17, 15) is 4.39 Å². The molecule has 1 aromatic carbocycles. The minimum Gasteiger partial charge on any atom is -0.496 e. The number of ether oxygens (including phenoxy) is 1. The van der Waals surface area contributed by atoms with Crippen LogP contribution in [0.3, 0.4) is 0 Å². The van der Waals surface area contributed by atoms with Crippen LogP contribution in [-0.2, 0) is 6.42 Å². The summed E-state index contributed by atoms with van der Waals surface area (Å²) >= 11 is 5.01. The summed E-state index contributed by atoms with van der Waals surface area (Å²) in [6.45, 7) is 2.65. The van der Waals surface area contributed by atoms with Gasteiger partial charge >= 0.3 is 0 Å². The maximum atomic E-state index is 14.1. The maximum absolute atomic E-state index is 14.1. The zero-order chi connectivity index (χ0) is 16.9. The van der Waals surface area contributed by atoms with Crippen LogP contribution < -0.4 is 15.8 Å². The fourth-order valence-electron chi connectivity index (χ4n) is 2.81. The Morgan fingerprint density at radius 2 is 2.22 bits per heavy atom. The second-order valence-corrected chi connectivity index (χ2v) is 5.77. The van der Waals surface area contributed by atoms with Gasteiger partial charge in [-0.1, -0.05) is 19.1 Å². The van der Waals surface area contributed by atoms with E-state index in [1.165, 1.54) is 6.07 Å². The first-order valence-electron chi connectivity index (χ1n) is 7.54. The Morgan fingerprint density at radius 3 is 2.87 bits per heavy atom. The van der Waals surface area contributed by atoms with Gasteiger partial charge in [0.05, 0.1) is 7.11 Å². The number of hydrogen-bond acceptors (Lipinski definition) is 3. The SMILES string of the molecule is CCC1(NC(N)=S)C=CC=CN1CCc1c(F)cccc1OC. The summed E-state index contributed by atoms with van der Waals surface area (Å²) in [7, 11) is 1.55. The molecule has 0 radical (unpaired) electrons. The summed E-state index contributed by atoms with van der Waals surface area (Å²) < 4.78 is 19.4. The van der Waals surface area contributed by atoms with E-state index < -0.39 is 5.66 Å². The van der Waals surface area contributed by atoms with Crippen LogP contribution in [0.4, 0.5) is 4.39 Å². The van der Waals surface area contributed by atoms with Crippen molar-refractivity contribution in [2.24, 2.45) is 5.73 Å². The standard InChI is InChI=1S/C17H22FN3OS/c1-3-17(20-16(19)23)10-4-5-11-21(17)12-9-13-14(18)7-6-8-15(13)22-2/h4-8,10-11H,3,9,12H2,1-2H3,(H3,19,20,23). The average Bonchev–Trinajstić information content (AvgIpc) is 2.54. The highest BCUT2D eigenvalue weighted by Crippen LogP contribution is 2.26. The van der Waals surface area contributed by atoms with Crippen molar-refractivity contribution in [1.29, 1.82) is 0 Å². The quantitative estimate of drug-likeness (QED) is 0.783. The summed E-state index contributed by atoms with van der Waals surface area (Å²) in [6, 6.07) is 4.86. The van der Waals surface area contributed by atoms with Gasteiger partial charge in [0.15, 0.2) is 5.11 Å². The van der Waals surface area contributed by atoms with Gasteiger partial charge in [0.2, 0.25) is 0 Å². The van der Waals surface area contributed by atoms with Crippen molar-refractivity contribution in [2.75, 3.05) is 13.7 Å². The zero-order valence-corrected chi connectivity index (χ0v) is 14.2. The lowest BCUT2D eigenvalue weighted by Crippen LogP contribution is -2.59. The maximum Gasteiger partial charge on any atom is 0.165 e. The molecule has 1 aliphatic heterocycles. The number of nitrogens with one attached hydrogen (secondary N) is 1. The fourth-order valence-corrected chi connectivity index (χ4v) is 2.99. The van der Waals surface area contributed by atoms with E-state index in [0.29, 0.717) is 24.3 Å². The molecule has 0 spiro atoms. The first kappa shape index (κ1) is 17.3. The topological polar surface area (TPSA) is 50.5 Å². The van der Waals surface area contributed by atoms with Crippen LogP contribution in [0.25, 0.3) is 0 Å². The first-order valence-corrected chi connectivity index (χ1v) is 7.95. The van der Waals surface area contributed by atoms with Crippen molar-refractivity contribution in [3.05, 3.63) is 54.0 Å². The Labute approximate surface area is 141 Å². The third-order valence-electron chi connectivity index (χ3n) is 4.04. The average molecular weight is 335 g/mol. The molecule has 23 heavy (non-hydrogen) atoms. The number of thiocarbonyl (C=S) groups is 1. The van der Waals surface area contributed by atoms with E-state index >= 15 is 0 Å². The molecule has 0 amide bonds. The molecule has 0 saturated carbocycles. The van der Waals surface area contributed by atoms with Crippen molar-refractivity contribution in [3.63, 3.8) is 0 Å².